The molecule has 0 saturated heterocycles. The topological polar surface area (TPSA) is 0 Å². The fourth-order valence-electron chi connectivity index (χ4n) is 4.21. The predicted molar refractivity (Wildman–Crippen MR) is 122 cm³/mol. The van der Waals surface area contributed by atoms with Crippen molar-refractivity contribution >= 4 is 30.7 Å². The molecule has 0 aromatic heterocycles. The fourth-order valence-corrected chi connectivity index (χ4v) is 19.1. The van der Waals surface area contributed by atoms with Gasteiger partial charge in [-0.05, 0) is 20.8 Å². The molecule has 0 N–H and O–H groups in total. The molecule has 0 unspecified atom stereocenters. The van der Waals surface area contributed by atoms with E-state index in [0.717, 1.165) is 0 Å². The normalized spacial score (nSPS) is 12.2. The zero-order chi connectivity index (χ0) is 18.9. The molecule has 0 heterocycles. The van der Waals surface area contributed by atoms with Crippen LogP contribution < -0.4 is 15.6 Å². The van der Waals surface area contributed by atoms with Crippen LogP contribution in [0.2, 0.25) is 19.6 Å². The Kier molecular flexibility index (Phi) is 5.09. The third-order valence-electron chi connectivity index (χ3n) is 5.58. The molecule has 3 aromatic rings. The van der Waals surface area contributed by atoms with Crippen molar-refractivity contribution in [3.8, 4) is 0 Å². The maximum atomic E-state index is 2.55. The van der Waals surface area contributed by atoms with E-state index in [1.807, 2.05) is 0 Å². The van der Waals surface area contributed by atoms with Gasteiger partial charge in [-0.25, -0.2) is 0 Å². The van der Waals surface area contributed by atoms with Crippen molar-refractivity contribution in [1.82, 2.24) is 0 Å². The minimum atomic E-state index is -2.06. The van der Waals surface area contributed by atoms with Gasteiger partial charge in [0.15, 0.2) is 0 Å². The molecule has 3 aromatic carbocycles. The Labute approximate surface area is 160 Å². The van der Waals surface area contributed by atoms with E-state index in [9.17, 15) is 0 Å². The molecule has 0 radical (unpaired) electrons. The molecule has 0 amide bonds. The summed E-state index contributed by atoms with van der Waals surface area (Å²) in [7, 11) is -3.63. The smallest absolute Gasteiger partial charge is 0.0706 e. The summed E-state index contributed by atoms with van der Waals surface area (Å²) in [6.07, 6.45) is 0. The first-order valence-corrected chi connectivity index (χ1v) is 16.0. The van der Waals surface area contributed by atoms with E-state index in [-0.39, 0.29) is 0 Å². The SMILES string of the molecule is Cc1ccc([Si](c2ccc(C)cc2)(c2ccc(C)cc2)[Si](C)(C)C)cc1. The summed E-state index contributed by atoms with van der Waals surface area (Å²) >= 11 is 0. The molecule has 0 aliphatic carbocycles. The van der Waals surface area contributed by atoms with Crippen LogP contribution in [0.5, 0.6) is 0 Å². The molecule has 0 spiro atoms. The van der Waals surface area contributed by atoms with E-state index in [2.05, 4.69) is 113 Å². The minimum absolute atomic E-state index is 1.33. The maximum absolute atomic E-state index is 2.55. The van der Waals surface area contributed by atoms with Gasteiger partial charge in [0.1, 0.15) is 7.59 Å². The Morgan fingerprint density at radius 3 is 0.846 bits per heavy atom. The standard InChI is InChI=1S/C24H30Si2/c1-19-7-13-22(14-8-19)26(25(4,5)6,23-15-9-20(2)10-16-23)24-17-11-21(3)12-18-24/h7-18H,1-6H3. The van der Waals surface area contributed by atoms with Gasteiger partial charge in [0.2, 0.25) is 0 Å². The lowest BCUT2D eigenvalue weighted by atomic mass is 10.2. The zero-order valence-electron chi connectivity index (χ0n) is 16.9. The number of hydrogen-bond acceptors (Lipinski definition) is 0. The molecule has 0 bridgehead atoms. The molecule has 0 saturated carbocycles. The van der Waals surface area contributed by atoms with Crippen molar-refractivity contribution in [2.75, 3.05) is 0 Å². The summed E-state index contributed by atoms with van der Waals surface area (Å²) in [5.41, 5.74) is 4.00. The monoisotopic (exact) mass is 374 g/mol. The lowest BCUT2D eigenvalue weighted by molar-refractivity contribution is 1.47. The summed E-state index contributed by atoms with van der Waals surface area (Å²) in [6.45, 7) is 14.2. The Morgan fingerprint density at radius 1 is 0.423 bits per heavy atom. The second-order valence-electron chi connectivity index (χ2n) is 8.60. The van der Waals surface area contributed by atoms with Crippen LogP contribution in [-0.4, -0.2) is 15.2 Å². The summed E-state index contributed by atoms with van der Waals surface area (Å²) in [6, 6.07) is 28.2. The first-order chi connectivity index (χ1) is 12.2. The van der Waals surface area contributed by atoms with Crippen molar-refractivity contribution < 1.29 is 0 Å². The average molecular weight is 375 g/mol. The summed E-state index contributed by atoms with van der Waals surface area (Å²) in [4.78, 5) is 0. The van der Waals surface area contributed by atoms with Crippen molar-refractivity contribution in [2.45, 2.75) is 40.4 Å². The van der Waals surface area contributed by atoms with Crippen molar-refractivity contribution in [3.63, 3.8) is 0 Å². The molecule has 0 nitrogen and oxygen atoms in total. The van der Waals surface area contributed by atoms with E-state index in [1.54, 1.807) is 15.6 Å². The molecule has 26 heavy (non-hydrogen) atoms. The molecule has 2 heteroatoms. The van der Waals surface area contributed by atoms with Crippen LogP contribution in [0, 0.1) is 20.8 Å². The summed E-state index contributed by atoms with van der Waals surface area (Å²) in [5.74, 6) is 0. The maximum Gasteiger partial charge on any atom is 0.138 e. The highest BCUT2D eigenvalue weighted by Gasteiger charge is 2.50. The van der Waals surface area contributed by atoms with E-state index in [0.29, 0.717) is 0 Å². The van der Waals surface area contributed by atoms with E-state index in [1.165, 1.54) is 16.7 Å². The van der Waals surface area contributed by atoms with Crippen molar-refractivity contribution in [1.29, 1.82) is 0 Å². The van der Waals surface area contributed by atoms with Crippen LogP contribution in [0.25, 0.3) is 0 Å². The number of aryl methyl sites for hydroxylation is 3. The average Bonchev–Trinajstić information content (AvgIpc) is 2.59. The largest absolute Gasteiger partial charge is 0.138 e. The van der Waals surface area contributed by atoms with Crippen LogP contribution in [0.4, 0.5) is 0 Å². The highest BCUT2D eigenvalue weighted by atomic mass is 29.3. The Balaban J connectivity index is 2.40. The highest BCUT2D eigenvalue weighted by Crippen LogP contribution is 2.21. The third kappa shape index (κ3) is 3.24. The van der Waals surface area contributed by atoms with Gasteiger partial charge in [0.05, 0.1) is 7.59 Å². The van der Waals surface area contributed by atoms with Crippen LogP contribution >= 0.6 is 0 Å². The Hall–Kier alpha value is -1.91. The van der Waals surface area contributed by atoms with Gasteiger partial charge in [0.25, 0.3) is 0 Å². The van der Waals surface area contributed by atoms with Gasteiger partial charge >= 0.3 is 0 Å². The van der Waals surface area contributed by atoms with Crippen LogP contribution in [0.3, 0.4) is 0 Å². The van der Waals surface area contributed by atoms with Gasteiger partial charge < -0.3 is 0 Å². The first kappa shape index (κ1) is 18.9. The second kappa shape index (κ2) is 7.01. The van der Waals surface area contributed by atoms with Crippen LogP contribution in [-0.2, 0) is 0 Å². The van der Waals surface area contributed by atoms with Crippen LogP contribution in [0.1, 0.15) is 16.7 Å². The van der Waals surface area contributed by atoms with E-state index < -0.39 is 15.2 Å². The third-order valence-corrected chi connectivity index (χ3v) is 20.8. The van der Waals surface area contributed by atoms with Gasteiger partial charge in [-0.1, -0.05) is 125 Å². The molecule has 134 valence electrons. The minimum Gasteiger partial charge on any atom is -0.0706 e. The van der Waals surface area contributed by atoms with Gasteiger partial charge in [-0.3, -0.25) is 0 Å². The second-order valence-corrected chi connectivity index (χ2v) is 23.1. The lowest BCUT2D eigenvalue weighted by Crippen LogP contribution is -2.79. The fraction of sp³-hybridized carbons (Fsp3) is 0.250. The number of rotatable bonds is 4. The van der Waals surface area contributed by atoms with Gasteiger partial charge in [0, 0.05) is 0 Å². The summed E-state index contributed by atoms with van der Waals surface area (Å²) in [5, 5.41) is 4.65. The van der Waals surface area contributed by atoms with Gasteiger partial charge in [-0.15, -0.1) is 0 Å². The van der Waals surface area contributed by atoms with Crippen molar-refractivity contribution in [2.24, 2.45) is 0 Å². The molecule has 3 rings (SSSR count). The van der Waals surface area contributed by atoms with Crippen LogP contribution in [0.15, 0.2) is 72.8 Å². The van der Waals surface area contributed by atoms with E-state index >= 15 is 0 Å². The molecular formula is C24H30Si2. The van der Waals surface area contributed by atoms with Crippen molar-refractivity contribution in [3.05, 3.63) is 89.5 Å². The molecule has 0 aliphatic rings. The van der Waals surface area contributed by atoms with E-state index in [4.69, 9.17) is 0 Å². The lowest BCUT2D eigenvalue weighted by Gasteiger charge is -2.43. The molecule has 0 fully saturated rings. The Bertz CT molecular complexity index is 757. The van der Waals surface area contributed by atoms with Gasteiger partial charge in [-0.2, -0.15) is 0 Å². The quantitative estimate of drug-likeness (QED) is 0.466. The first-order valence-electron chi connectivity index (χ1n) is 9.46. The summed E-state index contributed by atoms with van der Waals surface area (Å²) < 4.78 is 0. The highest BCUT2D eigenvalue weighted by molar-refractivity contribution is 7.55. The molecular weight excluding hydrogens is 344 g/mol. The number of benzene rings is 3. The predicted octanol–water partition coefficient (Wildman–Crippen LogP) is 4.50. The zero-order valence-corrected chi connectivity index (χ0v) is 18.9. The Morgan fingerprint density at radius 2 is 0.654 bits per heavy atom. The number of hydrogen-bond donors (Lipinski definition) is 0. The molecule has 0 aliphatic heterocycles. The molecule has 0 atom stereocenters.